The monoisotopic (exact) mass is 384 g/mol. The minimum atomic E-state index is 0.00232. The van der Waals surface area contributed by atoms with Gasteiger partial charge in [0.2, 0.25) is 5.91 Å². The van der Waals surface area contributed by atoms with Gasteiger partial charge in [-0.2, -0.15) is 0 Å². The van der Waals surface area contributed by atoms with Crippen LogP contribution in [0.1, 0.15) is 44.2 Å². The normalized spacial score (nSPS) is 28.7. The summed E-state index contributed by atoms with van der Waals surface area (Å²) in [6, 6.07) is 10.8. The lowest BCUT2D eigenvalue weighted by atomic mass is 9.46. The van der Waals surface area contributed by atoms with Gasteiger partial charge in [0.15, 0.2) is 5.96 Å². The first kappa shape index (κ1) is 19.2. The van der Waals surface area contributed by atoms with E-state index in [0.29, 0.717) is 18.1 Å². The molecule has 0 aromatic heterocycles. The standard InChI is InChI=1S/C22H32N4O2/c1-15(16-8-5-4-6-9-16)24-21(23-14-18(27)26(2)3)25-19-17-10-13-28-20(17)22(19)11-7-12-22/h4-6,8-9,15,17,19-20H,7,10-14H2,1-3H3,(H2,23,24,25). The molecule has 1 aromatic carbocycles. The Morgan fingerprint density at radius 1 is 1.32 bits per heavy atom. The molecular weight excluding hydrogens is 352 g/mol. The molecule has 1 amide bonds. The molecule has 2 saturated carbocycles. The number of hydrogen-bond acceptors (Lipinski definition) is 3. The van der Waals surface area contributed by atoms with Crippen molar-refractivity contribution in [2.24, 2.45) is 16.3 Å². The molecule has 1 spiro atoms. The highest BCUT2D eigenvalue weighted by Crippen LogP contribution is 2.62. The first-order valence-electron chi connectivity index (χ1n) is 10.5. The third-order valence-electron chi connectivity index (χ3n) is 6.85. The Morgan fingerprint density at radius 3 is 2.71 bits per heavy atom. The zero-order chi connectivity index (χ0) is 19.7. The first-order chi connectivity index (χ1) is 13.5. The molecule has 3 fully saturated rings. The summed E-state index contributed by atoms with van der Waals surface area (Å²) < 4.78 is 6.04. The first-order valence-corrected chi connectivity index (χ1v) is 10.5. The summed E-state index contributed by atoms with van der Waals surface area (Å²) in [6.07, 6.45) is 5.26. The van der Waals surface area contributed by atoms with Crippen molar-refractivity contribution >= 4 is 11.9 Å². The molecule has 4 atom stereocenters. The molecule has 1 aromatic rings. The number of benzene rings is 1. The number of guanidine groups is 1. The van der Waals surface area contributed by atoms with E-state index < -0.39 is 0 Å². The predicted octanol–water partition coefficient (Wildman–Crippen LogP) is 2.33. The summed E-state index contributed by atoms with van der Waals surface area (Å²) >= 11 is 0. The van der Waals surface area contributed by atoms with Gasteiger partial charge >= 0.3 is 0 Å². The second kappa shape index (κ2) is 7.74. The van der Waals surface area contributed by atoms with Gasteiger partial charge in [-0.15, -0.1) is 0 Å². The topological polar surface area (TPSA) is 66.0 Å². The van der Waals surface area contributed by atoms with Crippen molar-refractivity contribution in [1.29, 1.82) is 0 Å². The summed E-state index contributed by atoms with van der Waals surface area (Å²) in [4.78, 5) is 18.3. The van der Waals surface area contributed by atoms with Gasteiger partial charge in [0, 0.05) is 38.1 Å². The van der Waals surface area contributed by atoms with Crippen molar-refractivity contribution in [1.82, 2.24) is 15.5 Å². The van der Waals surface area contributed by atoms with E-state index in [1.165, 1.54) is 24.8 Å². The molecule has 1 aliphatic heterocycles. The van der Waals surface area contributed by atoms with Crippen LogP contribution in [0.4, 0.5) is 0 Å². The van der Waals surface area contributed by atoms with E-state index in [2.05, 4.69) is 34.7 Å². The smallest absolute Gasteiger partial charge is 0.243 e. The fourth-order valence-electron chi connectivity index (χ4n) is 5.05. The Hall–Kier alpha value is -2.08. The van der Waals surface area contributed by atoms with Crippen LogP contribution in [-0.2, 0) is 9.53 Å². The quantitative estimate of drug-likeness (QED) is 0.604. The van der Waals surface area contributed by atoms with Crippen LogP contribution in [-0.4, -0.2) is 56.2 Å². The van der Waals surface area contributed by atoms with Crippen molar-refractivity contribution in [2.45, 2.75) is 50.8 Å². The van der Waals surface area contributed by atoms with E-state index >= 15 is 0 Å². The lowest BCUT2D eigenvalue weighted by Gasteiger charge is -2.63. The summed E-state index contributed by atoms with van der Waals surface area (Å²) in [5.41, 5.74) is 1.47. The summed E-state index contributed by atoms with van der Waals surface area (Å²) in [5.74, 6) is 1.29. The minimum absolute atomic E-state index is 0.00232. The summed E-state index contributed by atoms with van der Waals surface area (Å²) in [5, 5.41) is 7.22. The maximum absolute atomic E-state index is 12.1. The minimum Gasteiger partial charge on any atom is -0.377 e. The molecule has 4 unspecified atom stereocenters. The fraction of sp³-hybridized carbons (Fsp3) is 0.636. The van der Waals surface area contributed by atoms with Crippen molar-refractivity contribution in [3.8, 4) is 0 Å². The average Bonchev–Trinajstić information content (AvgIpc) is 3.07. The molecule has 152 valence electrons. The molecule has 3 aliphatic rings. The Labute approximate surface area is 167 Å². The van der Waals surface area contributed by atoms with Crippen LogP contribution in [0.2, 0.25) is 0 Å². The summed E-state index contributed by atoms with van der Waals surface area (Å²) in [7, 11) is 3.53. The lowest BCUT2D eigenvalue weighted by Crippen LogP contribution is -2.72. The Bertz CT molecular complexity index is 729. The van der Waals surface area contributed by atoms with E-state index in [0.717, 1.165) is 19.0 Å². The molecule has 6 nitrogen and oxygen atoms in total. The second-order valence-corrected chi connectivity index (χ2v) is 8.68. The number of fused-ring (bicyclic) bond motifs is 2. The largest absolute Gasteiger partial charge is 0.377 e. The molecule has 28 heavy (non-hydrogen) atoms. The van der Waals surface area contributed by atoms with Crippen LogP contribution < -0.4 is 10.6 Å². The van der Waals surface area contributed by atoms with Gasteiger partial charge in [-0.1, -0.05) is 36.8 Å². The Kier molecular flexibility index (Phi) is 5.32. The number of hydrogen-bond donors (Lipinski definition) is 2. The number of carbonyl (C=O) groups excluding carboxylic acids is 1. The van der Waals surface area contributed by atoms with Gasteiger partial charge in [-0.3, -0.25) is 4.79 Å². The zero-order valence-corrected chi connectivity index (χ0v) is 17.1. The van der Waals surface area contributed by atoms with Crippen LogP contribution >= 0.6 is 0 Å². The highest BCUT2D eigenvalue weighted by molar-refractivity contribution is 5.85. The Balaban J connectivity index is 1.49. The third kappa shape index (κ3) is 3.39. The number of likely N-dealkylation sites (N-methyl/N-ethyl adjacent to an activating group) is 1. The number of carbonyl (C=O) groups is 1. The molecule has 1 saturated heterocycles. The van der Waals surface area contributed by atoms with Gasteiger partial charge in [0.1, 0.15) is 6.54 Å². The molecule has 1 heterocycles. The van der Waals surface area contributed by atoms with Crippen LogP contribution in [0.5, 0.6) is 0 Å². The number of rotatable bonds is 5. The molecule has 0 bridgehead atoms. The van der Waals surface area contributed by atoms with E-state index in [4.69, 9.17) is 4.74 Å². The lowest BCUT2D eigenvalue weighted by molar-refractivity contribution is -0.171. The number of nitrogens with one attached hydrogen (secondary N) is 2. The molecule has 6 heteroatoms. The van der Waals surface area contributed by atoms with Gasteiger partial charge in [-0.25, -0.2) is 4.99 Å². The van der Waals surface area contributed by atoms with Crippen LogP contribution in [0, 0.1) is 11.3 Å². The molecule has 2 aliphatic carbocycles. The molecule has 2 N–H and O–H groups in total. The van der Waals surface area contributed by atoms with Crippen molar-refractivity contribution < 1.29 is 9.53 Å². The van der Waals surface area contributed by atoms with Crippen molar-refractivity contribution in [3.63, 3.8) is 0 Å². The SMILES string of the molecule is CC(NC(=NCC(=O)N(C)C)NC1C2CCOC2C12CCC2)c1ccccc1. The number of ether oxygens (including phenoxy) is 1. The second-order valence-electron chi connectivity index (χ2n) is 8.68. The predicted molar refractivity (Wildman–Crippen MR) is 110 cm³/mol. The highest BCUT2D eigenvalue weighted by Gasteiger charge is 2.66. The highest BCUT2D eigenvalue weighted by atomic mass is 16.5. The van der Waals surface area contributed by atoms with Crippen LogP contribution in [0.15, 0.2) is 35.3 Å². The van der Waals surface area contributed by atoms with E-state index in [1.54, 1.807) is 19.0 Å². The average molecular weight is 385 g/mol. The molecular formula is C22H32N4O2. The van der Waals surface area contributed by atoms with Crippen LogP contribution in [0.3, 0.4) is 0 Å². The van der Waals surface area contributed by atoms with Gasteiger partial charge in [0.25, 0.3) is 0 Å². The van der Waals surface area contributed by atoms with E-state index in [1.807, 2.05) is 18.2 Å². The molecule has 0 radical (unpaired) electrons. The van der Waals surface area contributed by atoms with Crippen LogP contribution in [0.25, 0.3) is 0 Å². The zero-order valence-electron chi connectivity index (χ0n) is 17.1. The van der Waals surface area contributed by atoms with Gasteiger partial charge < -0.3 is 20.3 Å². The van der Waals surface area contributed by atoms with Gasteiger partial charge in [-0.05, 0) is 31.7 Å². The van der Waals surface area contributed by atoms with Crippen molar-refractivity contribution in [2.75, 3.05) is 27.2 Å². The van der Waals surface area contributed by atoms with E-state index in [-0.39, 0.29) is 23.9 Å². The van der Waals surface area contributed by atoms with E-state index in [9.17, 15) is 4.79 Å². The maximum Gasteiger partial charge on any atom is 0.243 e. The molecule has 4 rings (SSSR count). The fourth-order valence-corrected chi connectivity index (χ4v) is 5.05. The maximum atomic E-state index is 12.1. The number of nitrogens with zero attached hydrogens (tertiary/aromatic N) is 2. The third-order valence-corrected chi connectivity index (χ3v) is 6.85. The van der Waals surface area contributed by atoms with Gasteiger partial charge in [0.05, 0.1) is 12.1 Å². The Morgan fingerprint density at radius 2 is 2.07 bits per heavy atom. The summed E-state index contributed by atoms with van der Waals surface area (Å²) in [6.45, 7) is 3.14. The number of aliphatic imine (C=N–C) groups is 1. The van der Waals surface area contributed by atoms with Crippen molar-refractivity contribution in [3.05, 3.63) is 35.9 Å². The number of amides is 1.